The number of aromatic nitrogens is 1. The van der Waals surface area contributed by atoms with Crippen LogP contribution in [0.3, 0.4) is 0 Å². The second-order valence-electron chi connectivity index (χ2n) is 6.07. The van der Waals surface area contributed by atoms with Gasteiger partial charge in [-0.2, -0.15) is 0 Å². The first kappa shape index (κ1) is 13.4. The number of fused-ring (bicyclic) bond motifs is 1. The van der Waals surface area contributed by atoms with Gasteiger partial charge in [-0.05, 0) is 50.8 Å². The van der Waals surface area contributed by atoms with Crippen molar-refractivity contribution in [2.24, 2.45) is 7.05 Å². The van der Waals surface area contributed by atoms with Gasteiger partial charge in [0, 0.05) is 35.2 Å². The first-order valence-electron chi connectivity index (χ1n) is 7.32. The average Bonchev–Trinajstić information content (AvgIpc) is 3.17. The third-order valence-electron chi connectivity index (χ3n) is 4.34. The van der Waals surface area contributed by atoms with E-state index in [9.17, 15) is 4.79 Å². The maximum absolute atomic E-state index is 12.6. The second kappa shape index (κ2) is 4.74. The van der Waals surface area contributed by atoms with Crippen LogP contribution in [0.2, 0.25) is 0 Å². The fourth-order valence-electron chi connectivity index (χ4n) is 3.02. The minimum absolute atomic E-state index is 0.215. The quantitative estimate of drug-likeness (QED) is 0.866. The first-order valence-corrected chi connectivity index (χ1v) is 7.32. The molecule has 1 heterocycles. The van der Waals surface area contributed by atoms with E-state index >= 15 is 0 Å². The zero-order chi connectivity index (χ0) is 14.4. The summed E-state index contributed by atoms with van der Waals surface area (Å²) in [5.41, 5.74) is 5.56. The standard InChI is InChI=1S/C17H22N2O/c1-10-7-11(2)16-14(8-10)19(4)12(3)17(16)15(20)9-18-13-5-6-13/h7-8,13,18H,5-6,9H2,1-4H3. The number of hydrogen-bond acceptors (Lipinski definition) is 2. The number of aryl methyl sites for hydroxylation is 3. The molecule has 2 aromatic rings. The third kappa shape index (κ3) is 2.16. The summed E-state index contributed by atoms with van der Waals surface area (Å²) in [7, 11) is 2.04. The number of carbonyl (C=O) groups excluding carboxylic acids is 1. The zero-order valence-electron chi connectivity index (χ0n) is 12.7. The molecule has 0 bridgehead atoms. The van der Waals surface area contributed by atoms with Crippen LogP contribution in [0.15, 0.2) is 12.1 Å². The van der Waals surface area contributed by atoms with E-state index in [2.05, 4.69) is 35.9 Å². The summed E-state index contributed by atoms with van der Waals surface area (Å²) < 4.78 is 2.14. The molecule has 20 heavy (non-hydrogen) atoms. The highest BCUT2D eigenvalue weighted by Crippen LogP contribution is 2.29. The lowest BCUT2D eigenvalue weighted by Gasteiger charge is -2.05. The number of nitrogens with zero attached hydrogens (tertiary/aromatic N) is 1. The van der Waals surface area contributed by atoms with Crippen molar-refractivity contribution in [1.29, 1.82) is 0 Å². The molecule has 0 aliphatic heterocycles. The molecule has 3 heteroatoms. The minimum atomic E-state index is 0.215. The molecule has 0 amide bonds. The predicted molar refractivity (Wildman–Crippen MR) is 82.5 cm³/mol. The van der Waals surface area contributed by atoms with Crippen molar-refractivity contribution in [1.82, 2.24) is 9.88 Å². The Hall–Kier alpha value is -1.61. The van der Waals surface area contributed by atoms with Gasteiger partial charge in [-0.3, -0.25) is 4.79 Å². The van der Waals surface area contributed by atoms with Crippen LogP contribution in [0, 0.1) is 20.8 Å². The van der Waals surface area contributed by atoms with Crippen molar-refractivity contribution < 1.29 is 4.79 Å². The number of ketones is 1. The van der Waals surface area contributed by atoms with Gasteiger partial charge in [0.25, 0.3) is 0 Å². The molecule has 1 aliphatic rings. The Morgan fingerprint density at radius 1 is 1.30 bits per heavy atom. The first-order chi connectivity index (χ1) is 9.49. The molecule has 0 saturated heterocycles. The van der Waals surface area contributed by atoms with Crippen LogP contribution < -0.4 is 5.32 Å². The molecular weight excluding hydrogens is 248 g/mol. The topological polar surface area (TPSA) is 34.0 Å². The fourth-order valence-corrected chi connectivity index (χ4v) is 3.02. The Bertz CT molecular complexity index is 693. The van der Waals surface area contributed by atoms with Crippen molar-refractivity contribution in [3.05, 3.63) is 34.5 Å². The maximum atomic E-state index is 12.6. The van der Waals surface area contributed by atoms with E-state index in [0.29, 0.717) is 12.6 Å². The smallest absolute Gasteiger partial charge is 0.179 e. The van der Waals surface area contributed by atoms with Gasteiger partial charge in [0.2, 0.25) is 0 Å². The van der Waals surface area contributed by atoms with Crippen LogP contribution in [-0.2, 0) is 7.05 Å². The molecule has 0 spiro atoms. The summed E-state index contributed by atoms with van der Waals surface area (Å²) in [5.74, 6) is 0.215. The highest BCUT2D eigenvalue weighted by molar-refractivity contribution is 6.11. The van der Waals surface area contributed by atoms with Gasteiger partial charge in [0.05, 0.1) is 6.54 Å². The molecule has 1 N–H and O–H groups in total. The Morgan fingerprint density at radius 2 is 2.00 bits per heavy atom. The van der Waals surface area contributed by atoms with E-state index in [0.717, 1.165) is 22.2 Å². The third-order valence-corrected chi connectivity index (χ3v) is 4.34. The largest absolute Gasteiger partial charge is 0.347 e. The summed E-state index contributed by atoms with van der Waals surface area (Å²) in [6, 6.07) is 4.89. The molecule has 1 aromatic heterocycles. The predicted octanol–water partition coefficient (Wildman–Crippen LogP) is 3.04. The average molecular weight is 270 g/mol. The number of benzene rings is 1. The van der Waals surface area contributed by atoms with Crippen LogP contribution in [0.5, 0.6) is 0 Å². The van der Waals surface area contributed by atoms with Gasteiger partial charge in [0.15, 0.2) is 5.78 Å². The van der Waals surface area contributed by atoms with Crippen molar-refractivity contribution in [2.45, 2.75) is 39.7 Å². The van der Waals surface area contributed by atoms with Gasteiger partial charge < -0.3 is 9.88 Å². The van der Waals surface area contributed by atoms with Crippen molar-refractivity contribution in [3.8, 4) is 0 Å². The lowest BCUT2D eigenvalue weighted by molar-refractivity contribution is 0.0991. The highest BCUT2D eigenvalue weighted by atomic mass is 16.1. The molecule has 0 unspecified atom stereocenters. The fraction of sp³-hybridized carbons (Fsp3) is 0.471. The Balaban J connectivity index is 2.08. The normalized spacial score (nSPS) is 15.0. The van der Waals surface area contributed by atoms with E-state index in [-0.39, 0.29) is 5.78 Å². The SMILES string of the molecule is Cc1cc(C)c2c(C(=O)CNC3CC3)c(C)n(C)c2c1. The molecule has 3 nitrogen and oxygen atoms in total. The number of carbonyl (C=O) groups is 1. The summed E-state index contributed by atoms with van der Waals surface area (Å²) in [4.78, 5) is 12.6. The van der Waals surface area contributed by atoms with Crippen molar-refractivity contribution >= 4 is 16.7 Å². The Labute approximate surface area is 120 Å². The van der Waals surface area contributed by atoms with E-state index in [1.807, 2.05) is 14.0 Å². The monoisotopic (exact) mass is 270 g/mol. The zero-order valence-corrected chi connectivity index (χ0v) is 12.7. The molecule has 3 rings (SSSR count). The van der Waals surface area contributed by atoms with Crippen molar-refractivity contribution in [2.75, 3.05) is 6.54 Å². The van der Waals surface area contributed by atoms with Gasteiger partial charge in [-0.1, -0.05) is 6.07 Å². The van der Waals surface area contributed by atoms with Gasteiger partial charge in [-0.15, -0.1) is 0 Å². The van der Waals surface area contributed by atoms with Crippen LogP contribution in [0.1, 0.15) is 40.0 Å². The molecule has 1 fully saturated rings. The highest BCUT2D eigenvalue weighted by Gasteiger charge is 2.24. The van der Waals surface area contributed by atoms with Crippen LogP contribution in [0.25, 0.3) is 10.9 Å². The van der Waals surface area contributed by atoms with Crippen LogP contribution >= 0.6 is 0 Å². The lowest BCUT2D eigenvalue weighted by atomic mass is 10.0. The summed E-state index contributed by atoms with van der Waals surface area (Å²) in [5, 5.41) is 4.45. The minimum Gasteiger partial charge on any atom is -0.347 e. The van der Waals surface area contributed by atoms with Gasteiger partial charge >= 0.3 is 0 Å². The van der Waals surface area contributed by atoms with E-state index in [4.69, 9.17) is 0 Å². The van der Waals surface area contributed by atoms with E-state index in [1.54, 1.807) is 0 Å². The maximum Gasteiger partial charge on any atom is 0.179 e. The van der Waals surface area contributed by atoms with E-state index < -0.39 is 0 Å². The number of Topliss-reactive ketones (excluding diaryl/α,β-unsaturated/α-hetero) is 1. The molecule has 1 aromatic carbocycles. The molecule has 1 aliphatic carbocycles. The summed E-state index contributed by atoms with van der Waals surface area (Å²) in [6.07, 6.45) is 2.42. The molecular formula is C17H22N2O. The lowest BCUT2D eigenvalue weighted by Crippen LogP contribution is -2.25. The molecule has 1 saturated carbocycles. The van der Waals surface area contributed by atoms with Crippen LogP contribution in [-0.4, -0.2) is 22.9 Å². The van der Waals surface area contributed by atoms with Gasteiger partial charge in [-0.25, -0.2) is 0 Å². The summed E-state index contributed by atoms with van der Waals surface area (Å²) >= 11 is 0. The summed E-state index contributed by atoms with van der Waals surface area (Å²) in [6.45, 7) is 6.70. The van der Waals surface area contributed by atoms with Crippen LogP contribution in [0.4, 0.5) is 0 Å². The molecule has 106 valence electrons. The van der Waals surface area contributed by atoms with Gasteiger partial charge in [0.1, 0.15) is 0 Å². The number of rotatable bonds is 4. The Kier molecular flexibility index (Phi) is 3.17. The number of hydrogen-bond donors (Lipinski definition) is 1. The molecule has 0 atom stereocenters. The van der Waals surface area contributed by atoms with Crippen molar-refractivity contribution in [3.63, 3.8) is 0 Å². The molecule has 0 radical (unpaired) electrons. The van der Waals surface area contributed by atoms with E-state index in [1.165, 1.54) is 24.0 Å². The number of nitrogens with one attached hydrogen (secondary N) is 1. The second-order valence-corrected chi connectivity index (χ2v) is 6.07. The Morgan fingerprint density at radius 3 is 2.65 bits per heavy atom.